The van der Waals surface area contributed by atoms with Crippen molar-refractivity contribution in [2.24, 2.45) is 7.05 Å². The van der Waals surface area contributed by atoms with E-state index in [0.717, 1.165) is 42.7 Å². The van der Waals surface area contributed by atoms with E-state index in [2.05, 4.69) is 30.3 Å². The summed E-state index contributed by atoms with van der Waals surface area (Å²) in [6.07, 6.45) is 8.47. The average Bonchev–Trinajstić information content (AvgIpc) is 3.08. The van der Waals surface area contributed by atoms with E-state index in [-0.39, 0.29) is 11.9 Å². The standard InChI is InChI=1S/C17H19N7O/c1-23-15(3-7-21-23)17(25)22-12-4-8-24(9-5-12)16-13-2-6-18-10-14(13)19-11-20-16/h2-3,6-7,10-12H,4-5,8-9H2,1H3,(H,22,25). The van der Waals surface area contributed by atoms with E-state index in [4.69, 9.17) is 0 Å². The maximum absolute atomic E-state index is 12.3. The minimum absolute atomic E-state index is 0.0722. The van der Waals surface area contributed by atoms with E-state index >= 15 is 0 Å². The number of nitrogens with zero attached hydrogens (tertiary/aromatic N) is 6. The summed E-state index contributed by atoms with van der Waals surface area (Å²) >= 11 is 0. The van der Waals surface area contributed by atoms with Gasteiger partial charge < -0.3 is 10.2 Å². The molecule has 1 N–H and O–H groups in total. The molecule has 3 aromatic heterocycles. The summed E-state index contributed by atoms with van der Waals surface area (Å²) in [6, 6.07) is 3.83. The quantitative estimate of drug-likeness (QED) is 0.771. The van der Waals surface area contributed by atoms with Crippen LogP contribution in [0.3, 0.4) is 0 Å². The van der Waals surface area contributed by atoms with Gasteiger partial charge in [-0.05, 0) is 25.0 Å². The van der Waals surface area contributed by atoms with Gasteiger partial charge in [0.25, 0.3) is 5.91 Å². The zero-order chi connectivity index (χ0) is 17.2. The summed E-state index contributed by atoms with van der Waals surface area (Å²) in [4.78, 5) is 27.4. The van der Waals surface area contributed by atoms with Crippen molar-refractivity contribution in [2.45, 2.75) is 18.9 Å². The highest BCUT2D eigenvalue weighted by Crippen LogP contribution is 2.25. The Morgan fingerprint density at radius 2 is 2.04 bits per heavy atom. The molecule has 0 aliphatic carbocycles. The van der Waals surface area contributed by atoms with E-state index < -0.39 is 0 Å². The second kappa shape index (κ2) is 6.46. The normalized spacial score (nSPS) is 15.5. The molecule has 1 aliphatic rings. The van der Waals surface area contributed by atoms with E-state index in [9.17, 15) is 4.79 Å². The fourth-order valence-corrected chi connectivity index (χ4v) is 3.24. The number of rotatable bonds is 3. The van der Waals surface area contributed by atoms with Gasteiger partial charge in [-0.3, -0.25) is 14.5 Å². The summed E-state index contributed by atoms with van der Waals surface area (Å²) in [5.41, 5.74) is 1.43. The van der Waals surface area contributed by atoms with E-state index in [0.29, 0.717) is 5.69 Å². The lowest BCUT2D eigenvalue weighted by atomic mass is 10.0. The second-order valence-corrected chi connectivity index (χ2v) is 6.16. The number of aryl methyl sites for hydroxylation is 1. The van der Waals surface area contributed by atoms with Crippen LogP contribution in [0.25, 0.3) is 10.9 Å². The van der Waals surface area contributed by atoms with Crippen LogP contribution >= 0.6 is 0 Å². The maximum Gasteiger partial charge on any atom is 0.269 e. The molecule has 0 saturated carbocycles. The lowest BCUT2D eigenvalue weighted by Gasteiger charge is -2.33. The molecule has 0 radical (unpaired) electrons. The highest BCUT2D eigenvalue weighted by atomic mass is 16.2. The molecular weight excluding hydrogens is 318 g/mol. The van der Waals surface area contributed by atoms with Gasteiger partial charge in [0.1, 0.15) is 17.8 Å². The Kier molecular flexibility index (Phi) is 4.01. The number of nitrogens with one attached hydrogen (secondary N) is 1. The van der Waals surface area contributed by atoms with Crippen LogP contribution in [-0.4, -0.2) is 49.8 Å². The molecule has 0 atom stereocenters. The van der Waals surface area contributed by atoms with Gasteiger partial charge in [0.05, 0.1) is 11.7 Å². The summed E-state index contributed by atoms with van der Waals surface area (Å²) < 4.78 is 1.59. The number of pyridine rings is 1. The lowest BCUT2D eigenvalue weighted by molar-refractivity contribution is 0.0921. The highest BCUT2D eigenvalue weighted by Gasteiger charge is 2.23. The first-order chi connectivity index (χ1) is 12.2. The van der Waals surface area contributed by atoms with E-state index in [1.165, 1.54) is 0 Å². The monoisotopic (exact) mass is 337 g/mol. The number of aromatic nitrogens is 5. The van der Waals surface area contributed by atoms with Crippen molar-refractivity contribution >= 4 is 22.6 Å². The Morgan fingerprint density at radius 3 is 2.80 bits per heavy atom. The lowest BCUT2D eigenvalue weighted by Crippen LogP contribution is -2.45. The topological polar surface area (TPSA) is 88.8 Å². The molecule has 3 aromatic rings. The van der Waals surface area contributed by atoms with Gasteiger partial charge in [0.2, 0.25) is 0 Å². The molecule has 0 spiro atoms. The summed E-state index contributed by atoms with van der Waals surface area (Å²) in [7, 11) is 1.77. The van der Waals surface area contributed by atoms with Gasteiger partial charge in [-0.25, -0.2) is 9.97 Å². The Balaban J connectivity index is 1.43. The first kappa shape index (κ1) is 15.5. The molecule has 0 unspecified atom stereocenters. The fourth-order valence-electron chi connectivity index (χ4n) is 3.24. The number of carbonyl (C=O) groups is 1. The van der Waals surface area contributed by atoms with E-state index in [1.807, 2.05) is 6.07 Å². The van der Waals surface area contributed by atoms with E-state index in [1.54, 1.807) is 42.7 Å². The summed E-state index contributed by atoms with van der Waals surface area (Å²) in [5, 5.41) is 8.15. The molecule has 0 aromatic carbocycles. The molecule has 0 bridgehead atoms. The number of carbonyl (C=O) groups excluding carboxylic acids is 1. The van der Waals surface area contributed by atoms with Gasteiger partial charge in [0.15, 0.2) is 0 Å². The van der Waals surface area contributed by atoms with Crippen molar-refractivity contribution in [3.63, 3.8) is 0 Å². The van der Waals surface area contributed by atoms with Crippen LogP contribution in [0.15, 0.2) is 37.1 Å². The van der Waals surface area contributed by atoms with Crippen molar-refractivity contribution in [3.05, 3.63) is 42.7 Å². The second-order valence-electron chi connectivity index (χ2n) is 6.16. The van der Waals surface area contributed by atoms with Crippen LogP contribution in [0, 0.1) is 0 Å². The third-order valence-electron chi connectivity index (χ3n) is 4.60. The number of amides is 1. The molecule has 1 saturated heterocycles. The number of hydrogen-bond donors (Lipinski definition) is 1. The SMILES string of the molecule is Cn1nccc1C(=O)NC1CCN(c2ncnc3cnccc23)CC1. The highest BCUT2D eigenvalue weighted by molar-refractivity contribution is 5.92. The zero-order valence-corrected chi connectivity index (χ0v) is 14.0. The van der Waals surface area contributed by atoms with Crippen molar-refractivity contribution in [1.29, 1.82) is 0 Å². The minimum atomic E-state index is -0.0722. The molecule has 8 nitrogen and oxygen atoms in total. The van der Waals surface area contributed by atoms with Crippen LogP contribution in [0.2, 0.25) is 0 Å². The Morgan fingerprint density at radius 1 is 1.20 bits per heavy atom. The Labute approximate surface area is 144 Å². The molecule has 1 aliphatic heterocycles. The molecular formula is C17H19N7O. The smallest absolute Gasteiger partial charge is 0.269 e. The maximum atomic E-state index is 12.3. The molecule has 128 valence electrons. The number of anilines is 1. The molecule has 1 fully saturated rings. The van der Waals surface area contributed by atoms with Gasteiger partial charge in [-0.1, -0.05) is 0 Å². The third-order valence-corrected chi connectivity index (χ3v) is 4.60. The Bertz CT molecular complexity index is 893. The molecule has 8 heteroatoms. The van der Waals surface area contributed by atoms with Crippen molar-refractivity contribution in [3.8, 4) is 0 Å². The van der Waals surface area contributed by atoms with Crippen LogP contribution in [0.1, 0.15) is 23.3 Å². The first-order valence-electron chi connectivity index (χ1n) is 8.31. The van der Waals surface area contributed by atoms with Gasteiger partial charge >= 0.3 is 0 Å². The van der Waals surface area contributed by atoms with Gasteiger partial charge in [0, 0.05) is 44.0 Å². The van der Waals surface area contributed by atoms with Crippen LogP contribution in [0.5, 0.6) is 0 Å². The predicted octanol–water partition coefficient (Wildman–Crippen LogP) is 1.16. The fraction of sp³-hybridized carbons (Fsp3) is 0.353. The van der Waals surface area contributed by atoms with Crippen molar-refractivity contribution in [1.82, 2.24) is 30.0 Å². The number of fused-ring (bicyclic) bond motifs is 1. The summed E-state index contributed by atoms with van der Waals surface area (Å²) in [6.45, 7) is 1.68. The zero-order valence-electron chi connectivity index (χ0n) is 14.0. The molecule has 4 rings (SSSR count). The minimum Gasteiger partial charge on any atom is -0.356 e. The molecule has 25 heavy (non-hydrogen) atoms. The molecule has 4 heterocycles. The summed E-state index contributed by atoms with van der Waals surface area (Å²) in [5.74, 6) is 0.862. The van der Waals surface area contributed by atoms with Gasteiger partial charge in [-0.2, -0.15) is 5.10 Å². The van der Waals surface area contributed by atoms with Crippen LogP contribution in [0.4, 0.5) is 5.82 Å². The number of piperidine rings is 1. The largest absolute Gasteiger partial charge is 0.356 e. The van der Waals surface area contributed by atoms with Crippen molar-refractivity contribution in [2.75, 3.05) is 18.0 Å². The number of hydrogen-bond acceptors (Lipinski definition) is 6. The van der Waals surface area contributed by atoms with Crippen molar-refractivity contribution < 1.29 is 4.79 Å². The predicted molar refractivity (Wildman–Crippen MR) is 93.2 cm³/mol. The van der Waals surface area contributed by atoms with Crippen LogP contribution in [-0.2, 0) is 7.05 Å². The average molecular weight is 337 g/mol. The Hall–Kier alpha value is -3.03. The van der Waals surface area contributed by atoms with Crippen LogP contribution < -0.4 is 10.2 Å². The van der Waals surface area contributed by atoms with Gasteiger partial charge in [-0.15, -0.1) is 0 Å². The molecule has 1 amide bonds. The first-order valence-corrected chi connectivity index (χ1v) is 8.31. The third kappa shape index (κ3) is 3.02.